The lowest BCUT2D eigenvalue weighted by atomic mass is 10.0. The molecular formula is C18H21NO5. The summed E-state index contributed by atoms with van der Waals surface area (Å²) in [6.45, 7) is 2.28. The zero-order valence-electron chi connectivity index (χ0n) is 13.5. The third kappa shape index (κ3) is 5.33. The Morgan fingerprint density at radius 1 is 1.21 bits per heavy atom. The van der Waals surface area contributed by atoms with Gasteiger partial charge in [-0.25, -0.2) is 0 Å². The van der Waals surface area contributed by atoms with Gasteiger partial charge in [0, 0.05) is 11.8 Å². The van der Waals surface area contributed by atoms with Gasteiger partial charge in [0.05, 0.1) is 25.3 Å². The molecule has 128 valence electrons. The topological polar surface area (TPSA) is 88.9 Å². The lowest BCUT2D eigenvalue weighted by Crippen LogP contribution is -2.23. The molecule has 2 rings (SSSR count). The molecule has 0 aliphatic heterocycles. The zero-order valence-corrected chi connectivity index (χ0v) is 13.5. The van der Waals surface area contributed by atoms with Gasteiger partial charge in [-0.1, -0.05) is 30.3 Å². The molecule has 1 aromatic carbocycles. The van der Waals surface area contributed by atoms with Crippen molar-refractivity contribution in [2.24, 2.45) is 0 Å². The normalized spacial score (nSPS) is 13.1. The van der Waals surface area contributed by atoms with E-state index in [0.29, 0.717) is 17.9 Å². The van der Waals surface area contributed by atoms with Crippen LogP contribution in [-0.4, -0.2) is 33.9 Å². The van der Waals surface area contributed by atoms with Gasteiger partial charge in [0.25, 0.3) is 0 Å². The van der Waals surface area contributed by atoms with Crippen molar-refractivity contribution in [3.63, 3.8) is 0 Å². The molecule has 2 N–H and O–H groups in total. The predicted molar refractivity (Wildman–Crippen MR) is 87.2 cm³/mol. The van der Waals surface area contributed by atoms with Crippen molar-refractivity contribution in [2.75, 3.05) is 6.61 Å². The van der Waals surface area contributed by atoms with Crippen molar-refractivity contribution in [1.29, 1.82) is 0 Å². The van der Waals surface area contributed by atoms with Crippen LogP contribution in [0.2, 0.25) is 0 Å². The summed E-state index contributed by atoms with van der Waals surface area (Å²) < 4.78 is 10.4. The van der Waals surface area contributed by atoms with E-state index >= 15 is 0 Å². The maximum Gasteiger partial charge on any atom is 0.308 e. The average molecular weight is 331 g/mol. The van der Waals surface area contributed by atoms with Crippen LogP contribution in [0, 0.1) is 0 Å². The summed E-state index contributed by atoms with van der Waals surface area (Å²) in [5.41, 5.74) is 1.38. The smallest absolute Gasteiger partial charge is 0.308 e. The quantitative estimate of drug-likeness (QED) is 0.719. The molecule has 2 atom stereocenters. The van der Waals surface area contributed by atoms with Crippen LogP contribution in [0.15, 0.2) is 48.8 Å². The molecule has 24 heavy (non-hydrogen) atoms. The van der Waals surface area contributed by atoms with Crippen LogP contribution >= 0.6 is 0 Å². The van der Waals surface area contributed by atoms with E-state index in [1.807, 2.05) is 30.3 Å². The van der Waals surface area contributed by atoms with Crippen molar-refractivity contribution in [2.45, 2.75) is 32.2 Å². The van der Waals surface area contributed by atoms with Crippen molar-refractivity contribution >= 4 is 5.97 Å². The Morgan fingerprint density at radius 3 is 2.67 bits per heavy atom. The molecule has 2 aromatic rings. The highest BCUT2D eigenvalue weighted by Gasteiger charge is 2.22. The van der Waals surface area contributed by atoms with E-state index in [1.165, 1.54) is 12.4 Å². The third-order valence-electron chi connectivity index (χ3n) is 3.37. The number of carbonyl (C=O) groups excluding carboxylic acids is 1. The number of aromatic nitrogens is 1. The molecular weight excluding hydrogens is 310 g/mol. The van der Waals surface area contributed by atoms with Crippen LogP contribution in [0.4, 0.5) is 0 Å². The van der Waals surface area contributed by atoms with Gasteiger partial charge < -0.3 is 19.7 Å². The molecule has 0 fully saturated rings. The van der Waals surface area contributed by atoms with Crippen LogP contribution in [0.5, 0.6) is 5.75 Å². The second-order valence-corrected chi connectivity index (χ2v) is 5.25. The molecule has 0 amide bonds. The second kappa shape index (κ2) is 9.00. The van der Waals surface area contributed by atoms with Crippen molar-refractivity contribution in [3.8, 4) is 5.75 Å². The Kier molecular flexibility index (Phi) is 6.72. The van der Waals surface area contributed by atoms with Crippen molar-refractivity contribution in [3.05, 3.63) is 59.9 Å². The SMILES string of the molecule is CCOC(=O)CC(O)C(O)c1cncc(OCc2ccccc2)c1. The summed E-state index contributed by atoms with van der Waals surface area (Å²) in [7, 11) is 0. The fraction of sp³-hybridized carbons (Fsp3) is 0.333. The van der Waals surface area contributed by atoms with E-state index < -0.39 is 18.2 Å². The number of benzene rings is 1. The number of rotatable bonds is 8. The molecule has 0 radical (unpaired) electrons. The minimum absolute atomic E-state index is 0.228. The highest BCUT2D eigenvalue weighted by atomic mass is 16.5. The van der Waals surface area contributed by atoms with E-state index in [9.17, 15) is 15.0 Å². The molecule has 1 heterocycles. The average Bonchev–Trinajstić information content (AvgIpc) is 2.60. The van der Waals surface area contributed by atoms with Gasteiger partial charge in [-0.05, 0) is 18.6 Å². The molecule has 0 saturated carbocycles. The number of esters is 1. The van der Waals surface area contributed by atoms with Crippen LogP contribution in [0.25, 0.3) is 0 Å². The van der Waals surface area contributed by atoms with Gasteiger partial charge in [0.2, 0.25) is 0 Å². The Morgan fingerprint density at radius 2 is 1.96 bits per heavy atom. The van der Waals surface area contributed by atoms with E-state index in [2.05, 4.69) is 4.98 Å². The molecule has 6 heteroatoms. The van der Waals surface area contributed by atoms with Gasteiger partial charge in [-0.15, -0.1) is 0 Å². The minimum Gasteiger partial charge on any atom is -0.487 e. The second-order valence-electron chi connectivity index (χ2n) is 5.25. The summed E-state index contributed by atoms with van der Waals surface area (Å²) >= 11 is 0. The lowest BCUT2D eigenvalue weighted by Gasteiger charge is -2.17. The highest BCUT2D eigenvalue weighted by Crippen LogP contribution is 2.22. The molecule has 0 aliphatic carbocycles. The molecule has 0 spiro atoms. The monoisotopic (exact) mass is 331 g/mol. The first-order chi connectivity index (χ1) is 11.6. The number of aliphatic hydroxyl groups is 2. The minimum atomic E-state index is -1.27. The number of hydrogen-bond acceptors (Lipinski definition) is 6. The Labute approximate surface area is 140 Å². The standard InChI is InChI=1S/C18H21NO5/c1-2-23-17(21)9-16(20)18(22)14-8-15(11-19-10-14)24-12-13-6-4-3-5-7-13/h3-8,10-11,16,18,20,22H,2,9,12H2,1H3. The Balaban J connectivity index is 1.97. The Hall–Kier alpha value is -2.44. The first kappa shape index (κ1) is 17.9. The van der Waals surface area contributed by atoms with E-state index in [4.69, 9.17) is 9.47 Å². The maximum atomic E-state index is 11.4. The Bertz CT molecular complexity index is 647. The van der Waals surface area contributed by atoms with Crippen molar-refractivity contribution < 1.29 is 24.5 Å². The number of aliphatic hydroxyl groups excluding tert-OH is 2. The summed E-state index contributed by atoms with van der Waals surface area (Å²) in [5.74, 6) is -0.0905. The van der Waals surface area contributed by atoms with Gasteiger partial charge >= 0.3 is 5.97 Å². The number of hydrogen-bond donors (Lipinski definition) is 2. The first-order valence-corrected chi connectivity index (χ1v) is 7.73. The first-order valence-electron chi connectivity index (χ1n) is 7.73. The van der Waals surface area contributed by atoms with Gasteiger partial charge in [0.1, 0.15) is 18.5 Å². The third-order valence-corrected chi connectivity index (χ3v) is 3.37. The molecule has 0 bridgehead atoms. The molecule has 6 nitrogen and oxygen atoms in total. The molecule has 2 unspecified atom stereocenters. The number of nitrogens with zero attached hydrogens (tertiary/aromatic N) is 1. The summed E-state index contributed by atoms with van der Waals surface area (Å²) in [5, 5.41) is 20.1. The predicted octanol–water partition coefficient (Wildman–Crippen LogP) is 2.01. The van der Waals surface area contributed by atoms with Gasteiger partial charge in [0.15, 0.2) is 0 Å². The van der Waals surface area contributed by atoms with Crippen LogP contribution in [0.1, 0.15) is 30.6 Å². The summed E-state index contributed by atoms with van der Waals surface area (Å²) in [6, 6.07) is 11.2. The summed E-state index contributed by atoms with van der Waals surface area (Å²) in [4.78, 5) is 15.4. The summed E-state index contributed by atoms with van der Waals surface area (Å²) in [6.07, 6.45) is 0.146. The molecule has 0 aliphatic rings. The number of pyridine rings is 1. The fourth-order valence-corrected chi connectivity index (χ4v) is 2.14. The number of ether oxygens (including phenoxy) is 2. The van der Waals surface area contributed by atoms with E-state index in [-0.39, 0.29) is 13.0 Å². The fourth-order valence-electron chi connectivity index (χ4n) is 2.14. The maximum absolute atomic E-state index is 11.4. The van der Waals surface area contributed by atoms with E-state index in [1.54, 1.807) is 13.0 Å². The van der Waals surface area contributed by atoms with Crippen molar-refractivity contribution in [1.82, 2.24) is 4.98 Å². The van der Waals surface area contributed by atoms with Gasteiger partial charge in [-0.3, -0.25) is 9.78 Å². The van der Waals surface area contributed by atoms with Gasteiger partial charge in [-0.2, -0.15) is 0 Å². The zero-order chi connectivity index (χ0) is 17.4. The van der Waals surface area contributed by atoms with Crippen LogP contribution < -0.4 is 4.74 Å². The number of carbonyl (C=O) groups is 1. The molecule has 0 saturated heterocycles. The van der Waals surface area contributed by atoms with E-state index in [0.717, 1.165) is 5.56 Å². The largest absolute Gasteiger partial charge is 0.487 e. The van der Waals surface area contributed by atoms with Crippen LogP contribution in [0.3, 0.4) is 0 Å². The highest BCUT2D eigenvalue weighted by molar-refractivity contribution is 5.70. The lowest BCUT2D eigenvalue weighted by molar-refractivity contribution is -0.147. The molecule has 1 aromatic heterocycles. The van der Waals surface area contributed by atoms with Crippen LogP contribution in [-0.2, 0) is 16.1 Å².